The van der Waals surface area contributed by atoms with Crippen LogP contribution in [0.2, 0.25) is 5.02 Å². The summed E-state index contributed by atoms with van der Waals surface area (Å²) in [5.74, 6) is -0.899. The number of alkyl halides is 18. The molecule has 2 saturated heterocycles. The summed E-state index contributed by atoms with van der Waals surface area (Å²) in [7, 11) is 11.0. The van der Waals surface area contributed by atoms with Crippen molar-refractivity contribution >= 4 is 115 Å². The summed E-state index contributed by atoms with van der Waals surface area (Å²) in [4.78, 5) is 86.7. The Morgan fingerprint density at radius 1 is 0.376 bits per heavy atom. The maximum atomic E-state index is 12.9. The highest BCUT2D eigenvalue weighted by molar-refractivity contribution is 7.19. The molecule has 12 aromatic heterocycles. The van der Waals surface area contributed by atoms with Gasteiger partial charge in [0.2, 0.25) is 0 Å². The van der Waals surface area contributed by atoms with E-state index >= 15 is 0 Å². The molecule has 0 bridgehead atoms. The van der Waals surface area contributed by atoms with Gasteiger partial charge in [0.25, 0.3) is 35.4 Å². The first kappa shape index (κ1) is 110. The maximum absolute atomic E-state index is 12.9. The number of unbranched alkanes of at least 4 members (excludes halogenated alkanes) is 1. The summed E-state index contributed by atoms with van der Waals surface area (Å²) in [5, 5.41) is 29.5. The second kappa shape index (κ2) is 47.1. The van der Waals surface area contributed by atoms with Crippen LogP contribution in [0.3, 0.4) is 0 Å². The standard InChI is InChI=1S/C17H13ClF3N3OS.C17H20F3N3OS.C15H16F3N3OS.C15H18F3N3OS.C14H14F3N3O2S.C13H14F3N3OS/c1-24-15(17(19,20)21)8-12(23-24)13-6-7-14(26-13)16(25)22-9-10-2-4-11(18)5-3-10;1-22(11-6-4-3-5-7-11)16(24)14-9-8-13(25-14)12-10-15(17(18,19)20)23(2)21-12;1-20-13(15(16,17)18)9-10(19-20)11-5-6-12(23-11)14(22)21-7-3-2-4-8-21;1-4-5-8-20(2)14(22)12-7-6-11(23-12)10-9-13(15(16,17)18)21(3)19-10;1-19-12(14(15,16)17)8-9(18-19)10-2-3-11(23-10)13(21)20-4-6-22-7-5-20;1-3-6-17-12(20)10-5-4-9(21-10)8-7-11(13(14,15)16)19(2)18-8/h2-8H,9H2,1H3,(H,22,25);8-11H,3-7H2,1-2H3;5-6,9H,2-4,7-8H2,1H3;6-7,9H,4-5,8H2,1-3H3;2-3,8H,4-7H2,1H3;4-5,7H,3,6H2,1-2H3,(H,17,20). The molecule has 0 unspecified atom stereocenters. The number of piperidine rings is 1. The third-order valence-electron chi connectivity index (χ3n) is 21.9. The summed E-state index contributed by atoms with van der Waals surface area (Å²) < 4.78 is 241. The Kier molecular flexibility index (Phi) is 36.7. The zero-order valence-corrected chi connectivity index (χ0v) is 82.7. The summed E-state index contributed by atoms with van der Waals surface area (Å²) >= 11 is 12.7. The van der Waals surface area contributed by atoms with E-state index in [-0.39, 0.29) is 75.6 Å². The molecule has 2 aliphatic heterocycles. The van der Waals surface area contributed by atoms with Crippen LogP contribution < -0.4 is 10.6 Å². The van der Waals surface area contributed by atoms with Gasteiger partial charge in [0.15, 0.2) is 0 Å². The van der Waals surface area contributed by atoms with Gasteiger partial charge in [-0.15, -0.1) is 68.0 Å². The van der Waals surface area contributed by atoms with Crippen molar-refractivity contribution < 1.29 is 113 Å². The molecule has 3 fully saturated rings. The molecule has 6 amide bonds. The average Bonchev–Trinajstić information content (AvgIpc) is 1.67. The molecule has 760 valence electrons. The first-order chi connectivity index (χ1) is 66.3. The van der Waals surface area contributed by atoms with Crippen LogP contribution in [-0.4, -0.2) is 186 Å². The predicted octanol–water partition coefficient (Wildman–Crippen LogP) is 23.1. The van der Waals surface area contributed by atoms with E-state index in [1.807, 2.05) is 13.8 Å². The molecular formula is C91H95ClF18N18O7S6. The molecule has 13 aromatic rings. The van der Waals surface area contributed by atoms with Crippen molar-refractivity contribution in [3.05, 3.63) is 207 Å². The molecule has 0 spiro atoms. The molecule has 2 N–H and O–H groups in total. The van der Waals surface area contributed by atoms with Gasteiger partial charge in [0.05, 0.1) is 71.7 Å². The molecular weight excluding hydrogens is 2030 g/mol. The molecule has 1 saturated carbocycles. The van der Waals surface area contributed by atoms with Gasteiger partial charge in [-0.05, 0) is 172 Å². The molecule has 16 rings (SSSR count). The SMILES string of the molecule is CCCCN(C)C(=O)c1ccc(-c2cc(C(F)(F)F)n(C)n2)s1.CCCNC(=O)c1ccc(-c2cc(C(F)(F)F)n(C)n2)s1.CN(C(=O)c1ccc(-c2cc(C(F)(F)F)n(C)n2)s1)C1CCCCC1.Cn1nc(-c2ccc(C(=O)N3CCCCC3)s2)cc1C(F)(F)F.Cn1nc(-c2ccc(C(=O)N3CCOCC3)s2)cc1C(F)(F)F.Cn1nc(-c2ccc(C(=O)NCc3ccc(Cl)cc3)s2)cc1C(F)(F)F. The van der Waals surface area contributed by atoms with Crippen LogP contribution in [0.5, 0.6) is 0 Å². The van der Waals surface area contributed by atoms with Crippen molar-refractivity contribution in [3.63, 3.8) is 0 Å². The number of aryl methyl sites for hydroxylation is 6. The number of rotatable bonds is 20. The minimum Gasteiger partial charge on any atom is -0.378 e. The molecule has 1 aliphatic carbocycles. The molecule has 50 heteroatoms. The molecule has 25 nitrogen and oxygen atoms in total. The lowest BCUT2D eigenvalue weighted by Gasteiger charge is -2.30. The van der Waals surface area contributed by atoms with Gasteiger partial charge in [-0.2, -0.15) is 110 Å². The number of carbonyl (C=O) groups is 6. The van der Waals surface area contributed by atoms with Crippen molar-refractivity contribution in [3.8, 4) is 63.4 Å². The average molecular weight is 2120 g/mol. The monoisotopic (exact) mass is 2120 g/mol. The first-order valence-electron chi connectivity index (χ1n) is 43.6. The predicted molar refractivity (Wildman–Crippen MR) is 502 cm³/mol. The van der Waals surface area contributed by atoms with Crippen molar-refractivity contribution in [2.45, 2.75) is 134 Å². The van der Waals surface area contributed by atoms with Gasteiger partial charge in [-0.25, -0.2) is 0 Å². The Morgan fingerprint density at radius 3 is 0.986 bits per heavy atom. The first-order valence-corrected chi connectivity index (χ1v) is 48.9. The minimum absolute atomic E-state index is 0.0482. The van der Waals surface area contributed by atoms with Crippen LogP contribution in [0.15, 0.2) is 133 Å². The van der Waals surface area contributed by atoms with E-state index in [1.165, 1.54) is 71.4 Å². The molecule has 3 aliphatic rings. The van der Waals surface area contributed by atoms with Gasteiger partial charge in [-0.3, -0.25) is 56.9 Å². The largest absolute Gasteiger partial charge is 0.433 e. The Hall–Kier alpha value is -11.5. The van der Waals surface area contributed by atoms with Crippen LogP contribution in [-0.2, 0) is 90.6 Å². The summed E-state index contributed by atoms with van der Waals surface area (Å²) in [6.07, 6.45) is -15.4. The quantitative estimate of drug-likeness (QED) is 0.0674. The zero-order valence-electron chi connectivity index (χ0n) is 77.1. The van der Waals surface area contributed by atoms with E-state index in [0.29, 0.717) is 109 Å². The molecule has 0 radical (unpaired) electrons. The van der Waals surface area contributed by atoms with E-state index in [1.54, 1.807) is 131 Å². The lowest BCUT2D eigenvalue weighted by Crippen LogP contribution is -2.40. The van der Waals surface area contributed by atoms with E-state index in [0.717, 1.165) is 193 Å². The highest BCUT2D eigenvalue weighted by atomic mass is 35.5. The van der Waals surface area contributed by atoms with Crippen molar-refractivity contribution in [2.24, 2.45) is 42.3 Å². The summed E-state index contributed by atoms with van der Waals surface area (Å²) in [6.45, 7) is 9.05. The normalized spacial score (nSPS) is 13.9. The number of carbonyl (C=O) groups excluding carboxylic acids is 6. The zero-order chi connectivity index (χ0) is 103. The number of hydrogen-bond acceptors (Lipinski definition) is 19. The second-order valence-electron chi connectivity index (χ2n) is 32.3. The second-order valence-corrected chi connectivity index (χ2v) is 39.3. The third-order valence-corrected chi connectivity index (χ3v) is 28.8. The van der Waals surface area contributed by atoms with Gasteiger partial charge in [0.1, 0.15) is 68.3 Å². The van der Waals surface area contributed by atoms with Crippen LogP contribution in [0.4, 0.5) is 79.0 Å². The maximum Gasteiger partial charge on any atom is 0.433 e. The van der Waals surface area contributed by atoms with E-state index in [9.17, 15) is 108 Å². The fourth-order valence-electron chi connectivity index (χ4n) is 14.5. The molecule has 14 heterocycles. The van der Waals surface area contributed by atoms with Crippen LogP contribution in [0, 0.1) is 0 Å². The molecule has 0 atom stereocenters. The Balaban J connectivity index is 0.000000162. The molecule has 1 aromatic carbocycles. The summed E-state index contributed by atoms with van der Waals surface area (Å²) in [5.41, 5.74) is -2.70. The van der Waals surface area contributed by atoms with Crippen LogP contribution in [0.25, 0.3) is 63.4 Å². The smallest absolute Gasteiger partial charge is 0.378 e. The lowest BCUT2D eigenvalue weighted by atomic mass is 9.94. The van der Waals surface area contributed by atoms with E-state index in [2.05, 4.69) is 41.2 Å². The minimum atomic E-state index is -4.48. The summed E-state index contributed by atoms with van der Waals surface area (Å²) in [6, 6.07) is 32.8. The van der Waals surface area contributed by atoms with E-state index < -0.39 is 71.2 Å². The van der Waals surface area contributed by atoms with Crippen LogP contribution in [0.1, 0.15) is 182 Å². The molecule has 141 heavy (non-hydrogen) atoms. The fraction of sp³-hybridized carbons (Fsp3) is 0.407. The number of nitrogens with zero attached hydrogens (tertiary/aromatic N) is 16. The van der Waals surface area contributed by atoms with Gasteiger partial charge in [-0.1, -0.05) is 63.3 Å². The van der Waals surface area contributed by atoms with Crippen molar-refractivity contribution in [1.29, 1.82) is 0 Å². The Morgan fingerprint density at radius 2 is 0.667 bits per heavy atom. The number of benzene rings is 1. The number of aromatic nitrogens is 12. The number of ether oxygens (including phenoxy) is 1. The topological polar surface area (TPSA) is 256 Å². The Bertz CT molecular complexity index is 6290. The highest BCUT2D eigenvalue weighted by Gasteiger charge is 2.42. The van der Waals surface area contributed by atoms with Gasteiger partial charge < -0.3 is 35.0 Å². The Labute approximate surface area is 825 Å². The van der Waals surface area contributed by atoms with Crippen molar-refractivity contribution in [2.75, 3.05) is 66.6 Å². The number of halogens is 19. The highest BCUT2D eigenvalue weighted by Crippen LogP contribution is 2.43. The number of amides is 6. The number of hydrogen-bond donors (Lipinski definition) is 2. The van der Waals surface area contributed by atoms with E-state index in [4.69, 9.17) is 16.3 Å². The number of thiophene rings is 6. The van der Waals surface area contributed by atoms with Gasteiger partial charge >= 0.3 is 37.1 Å². The fourth-order valence-corrected chi connectivity index (χ4v) is 20.2. The van der Waals surface area contributed by atoms with Crippen molar-refractivity contribution in [1.82, 2.24) is 88.9 Å². The number of nitrogens with one attached hydrogen (secondary N) is 2. The third kappa shape index (κ3) is 29.2. The van der Waals surface area contributed by atoms with Crippen LogP contribution >= 0.6 is 79.6 Å². The van der Waals surface area contributed by atoms with Gasteiger partial charge in [0, 0.05) is 113 Å². The number of likely N-dealkylation sites (tertiary alicyclic amines) is 1. The number of morpholine rings is 1. The lowest BCUT2D eigenvalue weighted by molar-refractivity contribution is -0.144.